The van der Waals surface area contributed by atoms with Gasteiger partial charge in [-0.15, -0.1) is 0 Å². The number of rotatable bonds is 2. The van der Waals surface area contributed by atoms with Crippen LogP contribution < -0.4 is 10.6 Å². The highest BCUT2D eigenvalue weighted by Crippen LogP contribution is 2.28. The number of hydrogen-bond donors (Lipinski definition) is 3. The zero-order valence-electron chi connectivity index (χ0n) is 11.3. The van der Waals surface area contributed by atoms with Crippen LogP contribution in [0.3, 0.4) is 0 Å². The summed E-state index contributed by atoms with van der Waals surface area (Å²) < 4.78 is 0. The van der Waals surface area contributed by atoms with E-state index in [1.165, 1.54) is 12.1 Å². The lowest BCUT2D eigenvalue weighted by Gasteiger charge is -2.20. The van der Waals surface area contributed by atoms with Crippen molar-refractivity contribution in [3.63, 3.8) is 0 Å². The number of aromatic hydroxyl groups is 1. The highest BCUT2D eigenvalue weighted by Gasteiger charge is 2.17. The second-order valence-corrected chi connectivity index (χ2v) is 5.39. The van der Waals surface area contributed by atoms with Gasteiger partial charge in [-0.2, -0.15) is 0 Å². The van der Waals surface area contributed by atoms with Crippen molar-refractivity contribution in [3.05, 3.63) is 52.5 Å². The molecule has 2 aromatic carbocycles. The van der Waals surface area contributed by atoms with Gasteiger partial charge in [-0.25, -0.2) is 0 Å². The van der Waals surface area contributed by atoms with Crippen LogP contribution in [0.25, 0.3) is 0 Å². The molecule has 0 saturated heterocycles. The Kier molecular flexibility index (Phi) is 3.71. The van der Waals surface area contributed by atoms with E-state index in [0.717, 1.165) is 30.6 Å². The van der Waals surface area contributed by atoms with Crippen molar-refractivity contribution in [3.8, 4) is 5.75 Å². The van der Waals surface area contributed by atoms with Gasteiger partial charge >= 0.3 is 0 Å². The standard InChI is InChI=1S/C16H15ClN2O2/c17-13-9-10(6-7-15(13)20)19-16(21)12-3-1-5-14-11(12)4-2-8-18-14/h1,3,5-7,9,18,20H,2,4,8H2,(H,19,21). The highest BCUT2D eigenvalue weighted by atomic mass is 35.5. The van der Waals surface area contributed by atoms with Crippen LogP contribution in [0.2, 0.25) is 5.02 Å². The van der Waals surface area contributed by atoms with Gasteiger partial charge in [-0.1, -0.05) is 17.7 Å². The van der Waals surface area contributed by atoms with Crippen molar-refractivity contribution in [1.29, 1.82) is 0 Å². The molecule has 21 heavy (non-hydrogen) atoms. The average molecular weight is 303 g/mol. The molecule has 1 amide bonds. The van der Waals surface area contributed by atoms with Crippen LogP contribution in [0.5, 0.6) is 5.75 Å². The minimum atomic E-state index is -0.169. The van der Waals surface area contributed by atoms with Crippen LogP contribution in [-0.2, 0) is 6.42 Å². The molecular formula is C16H15ClN2O2. The molecule has 0 radical (unpaired) electrons. The van der Waals surface area contributed by atoms with Gasteiger partial charge in [0.2, 0.25) is 0 Å². The number of benzene rings is 2. The van der Waals surface area contributed by atoms with Crippen molar-refractivity contribution in [2.75, 3.05) is 17.2 Å². The van der Waals surface area contributed by atoms with Crippen molar-refractivity contribution in [2.45, 2.75) is 12.8 Å². The topological polar surface area (TPSA) is 61.4 Å². The Morgan fingerprint density at radius 1 is 1.29 bits per heavy atom. The molecule has 0 bridgehead atoms. The predicted molar refractivity (Wildman–Crippen MR) is 84.3 cm³/mol. The number of amides is 1. The molecular weight excluding hydrogens is 288 g/mol. The molecule has 0 spiro atoms. The van der Waals surface area contributed by atoms with Crippen molar-refractivity contribution in [1.82, 2.24) is 0 Å². The molecule has 1 aliphatic heterocycles. The second-order valence-electron chi connectivity index (χ2n) is 4.98. The Labute approximate surface area is 127 Å². The fraction of sp³-hybridized carbons (Fsp3) is 0.188. The minimum Gasteiger partial charge on any atom is -0.506 e. The van der Waals surface area contributed by atoms with E-state index in [4.69, 9.17) is 11.6 Å². The maximum atomic E-state index is 12.4. The Morgan fingerprint density at radius 3 is 2.95 bits per heavy atom. The molecule has 3 rings (SSSR count). The quantitative estimate of drug-likeness (QED) is 0.742. The number of carbonyl (C=O) groups is 1. The summed E-state index contributed by atoms with van der Waals surface area (Å²) in [5, 5.41) is 15.7. The molecule has 1 heterocycles. The van der Waals surface area contributed by atoms with Gasteiger partial charge in [0, 0.05) is 23.5 Å². The molecule has 0 unspecified atom stereocenters. The third kappa shape index (κ3) is 2.81. The maximum absolute atomic E-state index is 12.4. The van der Waals surface area contributed by atoms with Gasteiger partial charge in [0.05, 0.1) is 5.02 Å². The number of phenolic OH excluding ortho intramolecular Hbond substituents is 1. The monoisotopic (exact) mass is 302 g/mol. The summed E-state index contributed by atoms with van der Waals surface area (Å²) in [5.74, 6) is -0.173. The lowest BCUT2D eigenvalue weighted by atomic mass is 9.97. The van der Waals surface area contributed by atoms with Gasteiger partial charge in [0.1, 0.15) is 5.75 Å². The number of phenols is 1. The van der Waals surface area contributed by atoms with Crippen molar-refractivity contribution < 1.29 is 9.90 Å². The van der Waals surface area contributed by atoms with E-state index in [0.29, 0.717) is 11.3 Å². The van der Waals surface area contributed by atoms with Crippen LogP contribution in [0.1, 0.15) is 22.3 Å². The average Bonchev–Trinajstić information content (AvgIpc) is 2.50. The van der Waals surface area contributed by atoms with E-state index in [1.54, 1.807) is 6.07 Å². The molecule has 0 aliphatic carbocycles. The van der Waals surface area contributed by atoms with E-state index in [1.807, 2.05) is 18.2 Å². The molecule has 0 fully saturated rings. The van der Waals surface area contributed by atoms with Gasteiger partial charge in [-0.3, -0.25) is 4.79 Å². The zero-order valence-corrected chi connectivity index (χ0v) is 12.1. The van der Waals surface area contributed by atoms with E-state index in [-0.39, 0.29) is 16.7 Å². The van der Waals surface area contributed by atoms with Gasteiger partial charge in [0.15, 0.2) is 0 Å². The SMILES string of the molecule is O=C(Nc1ccc(O)c(Cl)c1)c1cccc2c1CCCN2. The Hall–Kier alpha value is -2.20. The predicted octanol–water partition coefficient (Wildman–Crippen LogP) is 3.66. The van der Waals surface area contributed by atoms with E-state index in [9.17, 15) is 9.90 Å². The number of hydrogen-bond acceptors (Lipinski definition) is 3. The van der Waals surface area contributed by atoms with Crippen LogP contribution in [0.15, 0.2) is 36.4 Å². The molecule has 0 aromatic heterocycles. The first kappa shape index (κ1) is 13.8. The van der Waals surface area contributed by atoms with Gasteiger partial charge < -0.3 is 15.7 Å². The Morgan fingerprint density at radius 2 is 2.14 bits per heavy atom. The van der Waals surface area contributed by atoms with Crippen molar-refractivity contribution in [2.24, 2.45) is 0 Å². The fourth-order valence-electron chi connectivity index (χ4n) is 2.51. The normalized spacial score (nSPS) is 13.2. The molecule has 0 atom stereocenters. The van der Waals surface area contributed by atoms with Crippen molar-refractivity contribution >= 4 is 28.9 Å². The van der Waals surface area contributed by atoms with Crippen LogP contribution in [0, 0.1) is 0 Å². The molecule has 3 N–H and O–H groups in total. The van der Waals surface area contributed by atoms with Crippen LogP contribution in [0.4, 0.5) is 11.4 Å². The molecule has 2 aromatic rings. The molecule has 1 aliphatic rings. The van der Waals surface area contributed by atoms with Crippen LogP contribution in [-0.4, -0.2) is 17.6 Å². The summed E-state index contributed by atoms with van der Waals surface area (Å²) in [4.78, 5) is 12.4. The first-order valence-corrected chi connectivity index (χ1v) is 7.18. The smallest absolute Gasteiger partial charge is 0.256 e. The Balaban J connectivity index is 1.87. The summed E-state index contributed by atoms with van der Waals surface area (Å²) >= 11 is 5.85. The largest absolute Gasteiger partial charge is 0.506 e. The lowest BCUT2D eigenvalue weighted by Crippen LogP contribution is -2.19. The third-order valence-corrected chi connectivity index (χ3v) is 3.85. The number of nitrogens with one attached hydrogen (secondary N) is 2. The molecule has 5 heteroatoms. The summed E-state index contributed by atoms with van der Waals surface area (Å²) in [6.45, 7) is 0.936. The summed E-state index contributed by atoms with van der Waals surface area (Å²) in [6, 6.07) is 10.3. The van der Waals surface area contributed by atoms with E-state index in [2.05, 4.69) is 10.6 Å². The summed E-state index contributed by atoms with van der Waals surface area (Å²) in [7, 11) is 0. The third-order valence-electron chi connectivity index (χ3n) is 3.55. The number of fused-ring (bicyclic) bond motifs is 1. The highest BCUT2D eigenvalue weighted by molar-refractivity contribution is 6.32. The van der Waals surface area contributed by atoms with Gasteiger partial charge in [0.25, 0.3) is 5.91 Å². The van der Waals surface area contributed by atoms with E-state index >= 15 is 0 Å². The minimum absolute atomic E-state index is 0.00374. The number of halogens is 1. The van der Waals surface area contributed by atoms with Gasteiger partial charge in [-0.05, 0) is 48.7 Å². The summed E-state index contributed by atoms with van der Waals surface area (Å²) in [5.41, 5.74) is 3.30. The Bertz CT molecular complexity index is 701. The van der Waals surface area contributed by atoms with Crippen LogP contribution >= 0.6 is 11.6 Å². The maximum Gasteiger partial charge on any atom is 0.256 e. The summed E-state index contributed by atoms with van der Waals surface area (Å²) in [6.07, 6.45) is 1.91. The molecule has 108 valence electrons. The molecule has 4 nitrogen and oxygen atoms in total. The second kappa shape index (κ2) is 5.66. The zero-order chi connectivity index (χ0) is 14.8. The lowest BCUT2D eigenvalue weighted by molar-refractivity contribution is 0.102. The van der Waals surface area contributed by atoms with E-state index < -0.39 is 0 Å². The fourth-order valence-corrected chi connectivity index (χ4v) is 2.69. The first-order chi connectivity index (χ1) is 10.1. The number of carbonyl (C=O) groups excluding carboxylic acids is 1. The number of anilines is 2. The molecule has 0 saturated carbocycles. The first-order valence-electron chi connectivity index (χ1n) is 6.81.